The predicted octanol–water partition coefficient (Wildman–Crippen LogP) is -0.0415. The van der Waals surface area contributed by atoms with Gasteiger partial charge in [0, 0.05) is 19.1 Å². The van der Waals surface area contributed by atoms with Gasteiger partial charge in [0.05, 0.1) is 0 Å². The van der Waals surface area contributed by atoms with Crippen LogP contribution in [-0.2, 0) is 4.79 Å². The zero-order chi connectivity index (χ0) is 12.3. The van der Waals surface area contributed by atoms with Gasteiger partial charge in [0.2, 0.25) is 0 Å². The van der Waals surface area contributed by atoms with Gasteiger partial charge in [-0.3, -0.25) is 9.69 Å². The Morgan fingerprint density at radius 1 is 1.35 bits per heavy atom. The molecule has 2 unspecified atom stereocenters. The van der Waals surface area contributed by atoms with Crippen molar-refractivity contribution in [2.24, 2.45) is 5.73 Å². The number of carboxylic acids is 1. The lowest BCUT2D eigenvalue weighted by Gasteiger charge is -2.23. The van der Waals surface area contributed by atoms with Crippen LogP contribution in [0.25, 0.3) is 0 Å². The molecule has 0 spiro atoms. The normalized spacial score (nSPS) is 28.6. The number of rotatable bonds is 5. The van der Waals surface area contributed by atoms with Gasteiger partial charge in [-0.25, -0.2) is 0 Å². The predicted molar refractivity (Wildman–Crippen MR) is 65.9 cm³/mol. The molecule has 0 radical (unpaired) electrons. The molecule has 0 aromatic heterocycles. The highest BCUT2D eigenvalue weighted by atomic mass is 16.4. The molecule has 5 heteroatoms. The maximum atomic E-state index is 10.6. The van der Waals surface area contributed by atoms with Crippen LogP contribution in [0.5, 0.6) is 0 Å². The summed E-state index contributed by atoms with van der Waals surface area (Å²) >= 11 is 0. The van der Waals surface area contributed by atoms with Crippen LogP contribution in [0.2, 0.25) is 0 Å². The summed E-state index contributed by atoms with van der Waals surface area (Å²) < 4.78 is 0. The molecule has 0 aromatic rings. The average Bonchev–Trinajstić information content (AvgIpc) is 2.95. The number of likely N-dealkylation sites (tertiary alicyclic amines) is 2. The van der Waals surface area contributed by atoms with Crippen molar-refractivity contribution >= 4 is 5.97 Å². The van der Waals surface area contributed by atoms with E-state index in [4.69, 9.17) is 10.8 Å². The van der Waals surface area contributed by atoms with Crippen molar-refractivity contribution < 1.29 is 9.90 Å². The quantitative estimate of drug-likeness (QED) is 0.707. The average molecular weight is 241 g/mol. The Morgan fingerprint density at radius 2 is 2.06 bits per heavy atom. The third-order valence-electron chi connectivity index (χ3n) is 3.98. The lowest BCUT2D eigenvalue weighted by Crippen LogP contribution is -2.37. The first kappa shape index (κ1) is 12.8. The maximum Gasteiger partial charge on any atom is 0.320 e. The molecule has 17 heavy (non-hydrogen) atoms. The molecule has 3 N–H and O–H groups in total. The molecule has 0 aromatic carbocycles. The van der Waals surface area contributed by atoms with Crippen LogP contribution in [0.4, 0.5) is 0 Å². The fraction of sp³-hybridized carbons (Fsp3) is 0.917. The van der Waals surface area contributed by atoms with Crippen LogP contribution in [0.3, 0.4) is 0 Å². The Bertz CT molecular complexity index is 266. The molecule has 2 aliphatic heterocycles. The second-order valence-corrected chi connectivity index (χ2v) is 5.22. The van der Waals surface area contributed by atoms with Crippen LogP contribution in [-0.4, -0.2) is 65.7 Å². The summed E-state index contributed by atoms with van der Waals surface area (Å²) in [6, 6.07) is -0.0145. The number of nitrogens with zero attached hydrogens (tertiary/aromatic N) is 2. The second kappa shape index (κ2) is 5.80. The third kappa shape index (κ3) is 3.40. The highest BCUT2D eigenvalue weighted by Crippen LogP contribution is 2.20. The molecule has 2 saturated heterocycles. The van der Waals surface area contributed by atoms with Crippen molar-refractivity contribution in [1.82, 2.24) is 9.80 Å². The number of hydrogen-bond donors (Lipinski definition) is 2. The van der Waals surface area contributed by atoms with E-state index >= 15 is 0 Å². The number of aliphatic carboxylic acids is 1. The Balaban J connectivity index is 1.69. The van der Waals surface area contributed by atoms with Gasteiger partial charge in [-0.1, -0.05) is 0 Å². The van der Waals surface area contributed by atoms with Gasteiger partial charge in [0.25, 0.3) is 0 Å². The van der Waals surface area contributed by atoms with Crippen LogP contribution >= 0.6 is 0 Å². The minimum atomic E-state index is -0.889. The first-order chi connectivity index (χ1) is 8.16. The molecule has 98 valence electrons. The van der Waals surface area contributed by atoms with Crippen molar-refractivity contribution in [2.75, 3.05) is 32.7 Å². The zero-order valence-corrected chi connectivity index (χ0v) is 10.3. The number of hydrogen-bond acceptors (Lipinski definition) is 4. The van der Waals surface area contributed by atoms with E-state index in [9.17, 15) is 4.79 Å². The van der Waals surface area contributed by atoms with Gasteiger partial charge in [-0.15, -0.1) is 0 Å². The summed E-state index contributed by atoms with van der Waals surface area (Å²) in [5.41, 5.74) is 5.51. The van der Waals surface area contributed by atoms with Crippen LogP contribution in [0.1, 0.15) is 25.7 Å². The van der Waals surface area contributed by atoms with E-state index in [1.54, 1.807) is 0 Å². The van der Waals surface area contributed by atoms with Crippen molar-refractivity contribution in [1.29, 1.82) is 0 Å². The minimum Gasteiger partial charge on any atom is -0.480 e. The number of carbonyl (C=O) groups is 1. The molecule has 5 nitrogen and oxygen atoms in total. The number of nitrogens with two attached hydrogens (primary N) is 1. The van der Waals surface area contributed by atoms with Gasteiger partial charge in [-0.05, 0) is 45.3 Å². The second-order valence-electron chi connectivity index (χ2n) is 5.22. The van der Waals surface area contributed by atoms with Crippen molar-refractivity contribution in [2.45, 2.75) is 37.8 Å². The molecular weight excluding hydrogens is 218 g/mol. The Morgan fingerprint density at radius 3 is 2.71 bits per heavy atom. The fourth-order valence-corrected chi connectivity index (χ4v) is 2.87. The third-order valence-corrected chi connectivity index (χ3v) is 3.98. The largest absolute Gasteiger partial charge is 0.480 e. The molecule has 0 saturated carbocycles. The molecule has 2 rings (SSSR count). The molecule has 2 fully saturated rings. The standard InChI is InChI=1S/C12H23N3O2/c13-11(12(16)17)4-8-14-7-3-10(9-14)15-5-1-2-6-15/h10-11H,1-9,13H2,(H,16,17). The summed E-state index contributed by atoms with van der Waals surface area (Å²) in [7, 11) is 0. The molecule has 2 aliphatic rings. The van der Waals surface area contributed by atoms with E-state index in [1.807, 2.05) is 0 Å². The van der Waals surface area contributed by atoms with Crippen LogP contribution < -0.4 is 5.73 Å². The fourth-order valence-electron chi connectivity index (χ4n) is 2.87. The zero-order valence-electron chi connectivity index (χ0n) is 10.3. The summed E-state index contributed by atoms with van der Waals surface area (Å²) in [5, 5.41) is 8.73. The Kier molecular flexibility index (Phi) is 4.36. The molecular formula is C12H23N3O2. The molecule has 2 atom stereocenters. The van der Waals surface area contributed by atoms with Gasteiger partial charge < -0.3 is 15.7 Å². The van der Waals surface area contributed by atoms with Crippen LogP contribution in [0.15, 0.2) is 0 Å². The molecule has 0 amide bonds. The van der Waals surface area contributed by atoms with Gasteiger partial charge in [-0.2, -0.15) is 0 Å². The molecule has 0 aliphatic carbocycles. The smallest absolute Gasteiger partial charge is 0.320 e. The van der Waals surface area contributed by atoms with Crippen molar-refractivity contribution in [3.05, 3.63) is 0 Å². The van der Waals surface area contributed by atoms with E-state index in [1.165, 1.54) is 32.4 Å². The van der Waals surface area contributed by atoms with E-state index in [0.29, 0.717) is 12.5 Å². The topological polar surface area (TPSA) is 69.8 Å². The van der Waals surface area contributed by atoms with E-state index < -0.39 is 12.0 Å². The lowest BCUT2D eigenvalue weighted by molar-refractivity contribution is -0.138. The van der Waals surface area contributed by atoms with E-state index in [0.717, 1.165) is 19.6 Å². The Labute approximate surface area is 103 Å². The first-order valence-electron chi connectivity index (χ1n) is 6.61. The summed E-state index contributed by atoms with van der Waals surface area (Å²) in [4.78, 5) is 15.6. The minimum absolute atomic E-state index is 0.558. The summed E-state index contributed by atoms with van der Waals surface area (Å²) in [6.45, 7) is 5.48. The highest BCUT2D eigenvalue weighted by molar-refractivity contribution is 5.72. The SMILES string of the molecule is NC(CCN1CCC(N2CCCC2)C1)C(=O)O. The lowest BCUT2D eigenvalue weighted by atomic mass is 10.2. The summed E-state index contributed by atoms with van der Waals surface area (Å²) in [6.07, 6.45) is 4.45. The van der Waals surface area contributed by atoms with Crippen molar-refractivity contribution in [3.8, 4) is 0 Å². The van der Waals surface area contributed by atoms with Crippen molar-refractivity contribution in [3.63, 3.8) is 0 Å². The van der Waals surface area contributed by atoms with Gasteiger partial charge in [0.1, 0.15) is 6.04 Å². The number of carboxylic acid groups (broad SMARTS) is 1. The molecule has 2 heterocycles. The summed E-state index contributed by atoms with van der Waals surface area (Å²) in [5.74, 6) is -0.889. The highest BCUT2D eigenvalue weighted by Gasteiger charge is 2.29. The maximum absolute atomic E-state index is 10.6. The van der Waals surface area contributed by atoms with Gasteiger partial charge >= 0.3 is 5.97 Å². The van der Waals surface area contributed by atoms with Crippen LogP contribution in [0, 0.1) is 0 Å². The van der Waals surface area contributed by atoms with E-state index in [2.05, 4.69) is 9.80 Å². The Hall–Kier alpha value is -0.650. The molecule has 0 bridgehead atoms. The monoisotopic (exact) mass is 241 g/mol. The first-order valence-corrected chi connectivity index (χ1v) is 6.61. The van der Waals surface area contributed by atoms with E-state index in [-0.39, 0.29) is 0 Å². The van der Waals surface area contributed by atoms with Gasteiger partial charge in [0.15, 0.2) is 0 Å².